The minimum atomic E-state index is -0.678. The van der Waals surface area contributed by atoms with Crippen LogP contribution in [0.2, 0.25) is 0 Å². The number of rotatable bonds is 12. The summed E-state index contributed by atoms with van der Waals surface area (Å²) in [6.45, 7) is 5.50. The predicted molar refractivity (Wildman–Crippen MR) is 72.3 cm³/mol. The molecule has 2 N–H and O–H groups in total. The van der Waals surface area contributed by atoms with Gasteiger partial charge in [-0.15, -0.1) is 0 Å². The molecule has 1 atom stereocenters. The van der Waals surface area contributed by atoms with Crippen LogP contribution in [0.25, 0.3) is 0 Å². The number of unbranched alkanes of at least 4 members (excludes halogenated alkanes) is 5. The zero-order valence-corrected chi connectivity index (χ0v) is 11.5. The van der Waals surface area contributed by atoms with Crippen molar-refractivity contribution in [1.82, 2.24) is 5.32 Å². The molecular weight excluding hydrogens is 214 g/mol. The molecule has 0 aliphatic heterocycles. The van der Waals surface area contributed by atoms with Gasteiger partial charge in [0, 0.05) is 12.5 Å². The lowest BCUT2D eigenvalue weighted by Crippen LogP contribution is -2.26. The maximum Gasteiger partial charge on any atom is 0.303 e. The Bertz CT molecular complexity index is 183. The van der Waals surface area contributed by atoms with E-state index in [0.717, 1.165) is 25.8 Å². The van der Waals surface area contributed by atoms with Crippen molar-refractivity contribution in [3.63, 3.8) is 0 Å². The van der Waals surface area contributed by atoms with Gasteiger partial charge >= 0.3 is 5.97 Å². The number of nitrogens with one attached hydrogen (secondary N) is 1. The second kappa shape index (κ2) is 11.9. The monoisotopic (exact) mass is 243 g/mol. The molecule has 0 saturated carbocycles. The van der Waals surface area contributed by atoms with Crippen LogP contribution >= 0.6 is 0 Å². The summed E-state index contributed by atoms with van der Waals surface area (Å²) in [5, 5.41) is 12.0. The molecule has 0 aromatic rings. The Hall–Kier alpha value is -0.570. The van der Waals surface area contributed by atoms with Crippen molar-refractivity contribution in [2.24, 2.45) is 0 Å². The van der Waals surface area contributed by atoms with Crippen molar-refractivity contribution in [2.45, 2.75) is 77.7 Å². The standard InChI is InChI=1S/C14H29NO2/c1-3-4-5-7-10-13(2)15-12-9-6-8-11-14(16)17/h13,15H,3-12H2,1-2H3,(H,16,17). The molecule has 102 valence electrons. The van der Waals surface area contributed by atoms with Gasteiger partial charge in [-0.1, -0.05) is 39.0 Å². The maximum absolute atomic E-state index is 10.3. The number of carboxylic acid groups (broad SMARTS) is 1. The van der Waals surface area contributed by atoms with E-state index in [4.69, 9.17) is 5.11 Å². The number of hydrogen-bond acceptors (Lipinski definition) is 2. The van der Waals surface area contributed by atoms with Gasteiger partial charge in [-0.2, -0.15) is 0 Å². The Kier molecular flexibility index (Phi) is 11.5. The first-order valence-electron chi connectivity index (χ1n) is 7.12. The van der Waals surface area contributed by atoms with Crippen molar-refractivity contribution in [1.29, 1.82) is 0 Å². The third-order valence-electron chi connectivity index (χ3n) is 3.05. The summed E-state index contributed by atoms with van der Waals surface area (Å²) >= 11 is 0. The number of hydrogen-bond donors (Lipinski definition) is 2. The van der Waals surface area contributed by atoms with Crippen LogP contribution in [0, 0.1) is 0 Å². The lowest BCUT2D eigenvalue weighted by atomic mass is 10.1. The molecule has 0 aromatic carbocycles. The Morgan fingerprint density at radius 1 is 1.12 bits per heavy atom. The van der Waals surface area contributed by atoms with Crippen LogP contribution < -0.4 is 5.32 Å². The molecule has 0 aliphatic carbocycles. The van der Waals surface area contributed by atoms with Gasteiger partial charge in [-0.25, -0.2) is 0 Å². The van der Waals surface area contributed by atoms with Gasteiger partial charge in [0.25, 0.3) is 0 Å². The van der Waals surface area contributed by atoms with E-state index in [1.165, 1.54) is 32.1 Å². The largest absolute Gasteiger partial charge is 0.481 e. The minimum Gasteiger partial charge on any atom is -0.481 e. The Morgan fingerprint density at radius 2 is 1.82 bits per heavy atom. The van der Waals surface area contributed by atoms with Crippen molar-refractivity contribution >= 4 is 5.97 Å². The molecule has 0 bridgehead atoms. The third-order valence-corrected chi connectivity index (χ3v) is 3.05. The van der Waals surface area contributed by atoms with Gasteiger partial charge in [0.1, 0.15) is 0 Å². The van der Waals surface area contributed by atoms with Crippen LogP contribution in [-0.2, 0) is 4.79 Å². The van der Waals surface area contributed by atoms with E-state index in [-0.39, 0.29) is 0 Å². The molecule has 3 nitrogen and oxygen atoms in total. The molecule has 0 aliphatic rings. The lowest BCUT2D eigenvalue weighted by molar-refractivity contribution is -0.137. The summed E-state index contributed by atoms with van der Waals surface area (Å²) in [7, 11) is 0. The average Bonchev–Trinajstić information content (AvgIpc) is 2.29. The highest BCUT2D eigenvalue weighted by molar-refractivity contribution is 5.66. The Morgan fingerprint density at radius 3 is 2.47 bits per heavy atom. The summed E-state index contributed by atoms with van der Waals surface area (Å²) in [5.74, 6) is -0.678. The van der Waals surface area contributed by atoms with Gasteiger partial charge < -0.3 is 10.4 Å². The van der Waals surface area contributed by atoms with Crippen LogP contribution in [0.5, 0.6) is 0 Å². The smallest absolute Gasteiger partial charge is 0.303 e. The topological polar surface area (TPSA) is 49.3 Å². The van der Waals surface area contributed by atoms with E-state index < -0.39 is 5.97 Å². The van der Waals surface area contributed by atoms with Gasteiger partial charge in [0.2, 0.25) is 0 Å². The first kappa shape index (κ1) is 16.4. The van der Waals surface area contributed by atoms with E-state index in [1.807, 2.05) is 0 Å². The molecule has 0 amide bonds. The number of carbonyl (C=O) groups is 1. The van der Waals surface area contributed by atoms with E-state index >= 15 is 0 Å². The molecule has 0 spiro atoms. The fourth-order valence-corrected chi connectivity index (χ4v) is 1.91. The zero-order valence-electron chi connectivity index (χ0n) is 11.5. The molecule has 0 fully saturated rings. The molecule has 17 heavy (non-hydrogen) atoms. The van der Waals surface area contributed by atoms with Crippen LogP contribution in [0.15, 0.2) is 0 Å². The minimum absolute atomic E-state index is 0.312. The number of aliphatic carboxylic acids is 1. The van der Waals surface area contributed by atoms with Crippen LogP contribution in [-0.4, -0.2) is 23.7 Å². The van der Waals surface area contributed by atoms with Crippen molar-refractivity contribution in [3.05, 3.63) is 0 Å². The zero-order chi connectivity index (χ0) is 12.9. The number of carboxylic acids is 1. The first-order valence-corrected chi connectivity index (χ1v) is 7.12. The molecule has 0 radical (unpaired) electrons. The highest BCUT2D eigenvalue weighted by atomic mass is 16.4. The second-order valence-electron chi connectivity index (χ2n) is 4.91. The summed E-state index contributed by atoms with van der Waals surface area (Å²) < 4.78 is 0. The average molecular weight is 243 g/mol. The molecule has 3 heteroatoms. The van der Waals surface area contributed by atoms with Gasteiger partial charge in [0.05, 0.1) is 0 Å². The molecule has 0 saturated heterocycles. The summed E-state index contributed by atoms with van der Waals surface area (Å²) in [4.78, 5) is 10.3. The van der Waals surface area contributed by atoms with Gasteiger partial charge in [0.15, 0.2) is 0 Å². The maximum atomic E-state index is 10.3. The Labute approximate surface area is 106 Å². The van der Waals surface area contributed by atoms with E-state index in [0.29, 0.717) is 12.5 Å². The Balaban J connectivity index is 3.16. The van der Waals surface area contributed by atoms with Gasteiger partial charge in [-0.05, 0) is 32.7 Å². The van der Waals surface area contributed by atoms with Crippen LogP contribution in [0.4, 0.5) is 0 Å². The predicted octanol–water partition coefficient (Wildman–Crippen LogP) is 3.58. The first-order chi connectivity index (χ1) is 8.16. The fraction of sp³-hybridized carbons (Fsp3) is 0.929. The highest BCUT2D eigenvalue weighted by Crippen LogP contribution is 2.05. The summed E-state index contributed by atoms with van der Waals surface area (Å²) in [5.41, 5.74) is 0. The normalized spacial score (nSPS) is 12.6. The molecule has 0 rings (SSSR count). The third kappa shape index (κ3) is 13.4. The van der Waals surface area contributed by atoms with Crippen LogP contribution in [0.3, 0.4) is 0 Å². The summed E-state index contributed by atoms with van der Waals surface area (Å²) in [6, 6.07) is 0.603. The molecule has 0 aromatic heterocycles. The lowest BCUT2D eigenvalue weighted by Gasteiger charge is -2.13. The quantitative estimate of drug-likeness (QED) is 0.515. The molecule has 1 unspecified atom stereocenters. The van der Waals surface area contributed by atoms with E-state index in [9.17, 15) is 4.79 Å². The SMILES string of the molecule is CCCCCCC(C)NCCCCCC(=O)O. The fourth-order valence-electron chi connectivity index (χ4n) is 1.91. The van der Waals surface area contributed by atoms with Crippen molar-refractivity contribution < 1.29 is 9.90 Å². The highest BCUT2D eigenvalue weighted by Gasteiger charge is 2.01. The van der Waals surface area contributed by atoms with E-state index in [1.54, 1.807) is 0 Å². The molecule has 0 heterocycles. The second-order valence-corrected chi connectivity index (χ2v) is 4.91. The van der Waals surface area contributed by atoms with E-state index in [2.05, 4.69) is 19.2 Å². The molecular formula is C14H29NO2. The van der Waals surface area contributed by atoms with Gasteiger partial charge in [-0.3, -0.25) is 4.79 Å². The van der Waals surface area contributed by atoms with Crippen molar-refractivity contribution in [2.75, 3.05) is 6.54 Å². The van der Waals surface area contributed by atoms with Crippen molar-refractivity contribution in [3.8, 4) is 0 Å². The summed E-state index contributed by atoms with van der Waals surface area (Å²) in [6.07, 6.45) is 9.80. The van der Waals surface area contributed by atoms with Crippen LogP contribution in [0.1, 0.15) is 71.6 Å².